The minimum atomic E-state index is -0.883. The highest BCUT2D eigenvalue weighted by Gasteiger charge is 2.25. The fourth-order valence-electron chi connectivity index (χ4n) is 2.29. The molecule has 6 heteroatoms. The van der Waals surface area contributed by atoms with Gasteiger partial charge in [-0.1, -0.05) is 50.3 Å². The summed E-state index contributed by atoms with van der Waals surface area (Å²) in [4.78, 5) is 22.9. The standard InChI is InChI=1S/C20H21NO5/c1-3-4-13-25-20(22)15(2)19(26-18-11-6-5-7-12-18)16-9-8-10-17(14-16)21(23)24/h5-12,14,19H,2-4,13H2,1H3. The van der Waals surface area contributed by atoms with Crippen LogP contribution in [0.2, 0.25) is 0 Å². The zero-order valence-corrected chi connectivity index (χ0v) is 14.6. The number of para-hydroxylation sites is 1. The largest absolute Gasteiger partial charge is 0.481 e. The maximum absolute atomic E-state index is 12.3. The van der Waals surface area contributed by atoms with Gasteiger partial charge in [-0.3, -0.25) is 10.1 Å². The Morgan fingerprint density at radius 2 is 1.92 bits per heavy atom. The molecule has 0 saturated heterocycles. The molecule has 0 aromatic heterocycles. The Bertz CT molecular complexity index is 773. The molecule has 1 atom stereocenters. The molecule has 6 nitrogen and oxygen atoms in total. The molecule has 0 spiro atoms. The molecule has 0 aliphatic heterocycles. The molecule has 0 aliphatic rings. The molecule has 136 valence electrons. The molecule has 0 amide bonds. The third kappa shape index (κ3) is 5.17. The third-order valence-corrected chi connectivity index (χ3v) is 3.69. The van der Waals surface area contributed by atoms with Gasteiger partial charge in [0.05, 0.1) is 17.1 Å². The van der Waals surface area contributed by atoms with Crippen molar-refractivity contribution < 1.29 is 19.2 Å². The van der Waals surface area contributed by atoms with E-state index in [0.29, 0.717) is 17.9 Å². The van der Waals surface area contributed by atoms with E-state index in [1.807, 2.05) is 13.0 Å². The van der Waals surface area contributed by atoms with Crippen molar-refractivity contribution in [3.05, 3.63) is 82.4 Å². The van der Waals surface area contributed by atoms with Crippen LogP contribution in [0.15, 0.2) is 66.7 Å². The monoisotopic (exact) mass is 355 g/mol. The van der Waals surface area contributed by atoms with Crippen molar-refractivity contribution >= 4 is 11.7 Å². The van der Waals surface area contributed by atoms with Gasteiger partial charge in [0.1, 0.15) is 5.75 Å². The Labute approximate surface area is 152 Å². The van der Waals surface area contributed by atoms with Crippen molar-refractivity contribution in [2.45, 2.75) is 25.9 Å². The summed E-state index contributed by atoms with van der Waals surface area (Å²) in [5.41, 5.74) is 0.460. The van der Waals surface area contributed by atoms with Gasteiger partial charge >= 0.3 is 5.97 Å². The summed E-state index contributed by atoms with van der Waals surface area (Å²) in [5.74, 6) is -0.0580. The van der Waals surface area contributed by atoms with Crippen molar-refractivity contribution in [2.24, 2.45) is 0 Å². The zero-order chi connectivity index (χ0) is 18.9. The maximum atomic E-state index is 12.3. The average molecular weight is 355 g/mol. The second-order valence-electron chi connectivity index (χ2n) is 5.68. The highest BCUT2D eigenvalue weighted by Crippen LogP contribution is 2.30. The minimum absolute atomic E-state index is 0.0867. The maximum Gasteiger partial charge on any atom is 0.337 e. The lowest BCUT2D eigenvalue weighted by Gasteiger charge is -2.21. The number of nitro groups is 1. The molecule has 2 aromatic carbocycles. The van der Waals surface area contributed by atoms with Crippen LogP contribution in [0.5, 0.6) is 5.75 Å². The number of esters is 1. The Morgan fingerprint density at radius 3 is 2.58 bits per heavy atom. The van der Waals surface area contributed by atoms with E-state index in [9.17, 15) is 14.9 Å². The fourth-order valence-corrected chi connectivity index (χ4v) is 2.29. The van der Waals surface area contributed by atoms with Crippen LogP contribution in [0.1, 0.15) is 31.4 Å². The van der Waals surface area contributed by atoms with Crippen LogP contribution in [0, 0.1) is 10.1 Å². The summed E-state index contributed by atoms with van der Waals surface area (Å²) >= 11 is 0. The Morgan fingerprint density at radius 1 is 1.19 bits per heavy atom. The van der Waals surface area contributed by atoms with E-state index < -0.39 is 17.0 Å². The van der Waals surface area contributed by atoms with E-state index in [4.69, 9.17) is 9.47 Å². The van der Waals surface area contributed by atoms with Crippen LogP contribution < -0.4 is 4.74 Å². The van der Waals surface area contributed by atoms with Gasteiger partial charge < -0.3 is 9.47 Å². The van der Waals surface area contributed by atoms with Gasteiger partial charge in [0.15, 0.2) is 6.10 Å². The number of nitrogens with zero attached hydrogens (tertiary/aromatic N) is 1. The molecule has 0 bridgehead atoms. The van der Waals surface area contributed by atoms with Gasteiger partial charge in [-0.15, -0.1) is 0 Å². The van der Waals surface area contributed by atoms with E-state index in [1.165, 1.54) is 12.1 Å². The molecule has 0 radical (unpaired) electrons. The number of rotatable bonds is 9. The highest BCUT2D eigenvalue weighted by atomic mass is 16.6. The minimum Gasteiger partial charge on any atom is -0.481 e. The number of hydrogen-bond acceptors (Lipinski definition) is 5. The summed E-state index contributed by atoms with van der Waals surface area (Å²) in [6.45, 7) is 6.10. The van der Waals surface area contributed by atoms with E-state index >= 15 is 0 Å². The lowest BCUT2D eigenvalue weighted by molar-refractivity contribution is -0.385. The number of carbonyl (C=O) groups is 1. The van der Waals surface area contributed by atoms with Crippen LogP contribution in [-0.2, 0) is 9.53 Å². The van der Waals surface area contributed by atoms with E-state index in [1.54, 1.807) is 36.4 Å². The van der Waals surface area contributed by atoms with Crippen LogP contribution in [0.4, 0.5) is 5.69 Å². The van der Waals surface area contributed by atoms with Gasteiger partial charge in [-0.25, -0.2) is 4.79 Å². The van der Waals surface area contributed by atoms with Crippen molar-refractivity contribution in [1.29, 1.82) is 0 Å². The molecule has 0 N–H and O–H groups in total. The summed E-state index contributed by atoms with van der Waals surface area (Å²) in [6.07, 6.45) is 0.765. The molecule has 0 saturated carbocycles. The SMILES string of the molecule is C=C(C(=O)OCCCC)C(Oc1ccccc1)c1cccc([N+](=O)[O-])c1. The van der Waals surface area contributed by atoms with Crippen molar-refractivity contribution in [3.8, 4) is 5.75 Å². The summed E-state index contributed by atoms with van der Waals surface area (Å²) in [5, 5.41) is 11.1. The second kappa shape index (κ2) is 9.36. The number of hydrogen-bond donors (Lipinski definition) is 0. The summed E-state index contributed by atoms with van der Waals surface area (Å²) in [7, 11) is 0. The first-order valence-corrected chi connectivity index (χ1v) is 8.35. The first-order valence-electron chi connectivity index (χ1n) is 8.35. The summed E-state index contributed by atoms with van der Waals surface area (Å²) < 4.78 is 11.1. The predicted octanol–water partition coefficient (Wildman–Crippen LogP) is 4.61. The molecule has 2 aromatic rings. The number of ether oxygens (including phenoxy) is 2. The quantitative estimate of drug-likeness (QED) is 0.216. The molecule has 1 unspecified atom stereocenters. The van der Waals surface area contributed by atoms with Gasteiger partial charge in [-0.2, -0.15) is 0 Å². The number of benzene rings is 2. The van der Waals surface area contributed by atoms with Gasteiger partial charge in [0.2, 0.25) is 0 Å². The van der Waals surface area contributed by atoms with Gasteiger partial charge in [-0.05, 0) is 18.6 Å². The fraction of sp³-hybridized carbons (Fsp3) is 0.250. The van der Waals surface area contributed by atoms with Gasteiger partial charge in [0.25, 0.3) is 5.69 Å². The van der Waals surface area contributed by atoms with E-state index in [-0.39, 0.29) is 11.3 Å². The van der Waals surface area contributed by atoms with E-state index in [0.717, 1.165) is 12.8 Å². The lowest BCUT2D eigenvalue weighted by atomic mass is 10.0. The molecule has 0 heterocycles. The Hall–Kier alpha value is -3.15. The van der Waals surface area contributed by atoms with Crippen molar-refractivity contribution in [2.75, 3.05) is 6.61 Å². The highest BCUT2D eigenvalue weighted by molar-refractivity contribution is 5.89. The number of nitro benzene ring substituents is 1. The topological polar surface area (TPSA) is 78.7 Å². The lowest BCUT2D eigenvalue weighted by Crippen LogP contribution is -2.19. The van der Waals surface area contributed by atoms with Crippen molar-refractivity contribution in [1.82, 2.24) is 0 Å². The Kier molecular flexibility index (Phi) is 6.91. The second-order valence-corrected chi connectivity index (χ2v) is 5.68. The van der Waals surface area contributed by atoms with E-state index in [2.05, 4.69) is 6.58 Å². The molecule has 26 heavy (non-hydrogen) atoms. The zero-order valence-electron chi connectivity index (χ0n) is 14.6. The smallest absolute Gasteiger partial charge is 0.337 e. The molecule has 2 rings (SSSR count). The van der Waals surface area contributed by atoms with Crippen LogP contribution in [-0.4, -0.2) is 17.5 Å². The average Bonchev–Trinajstić information content (AvgIpc) is 2.66. The van der Waals surface area contributed by atoms with Crippen molar-refractivity contribution in [3.63, 3.8) is 0 Å². The number of carbonyl (C=O) groups excluding carboxylic acids is 1. The normalized spacial score (nSPS) is 11.4. The molecular weight excluding hydrogens is 334 g/mol. The van der Waals surface area contributed by atoms with Gasteiger partial charge in [0, 0.05) is 17.7 Å². The number of unbranched alkanes of at least 4 members (excludes halogenated alkanes) is 1. The Balaban J connectivity index is 2.29. The molecule has 0 aliphatic carbocycles. The summed E-state index contributed by atoms with van der Waals surface area (Å²) in [6, 6.07) is 14.9. The third-order valence-electron chi connectivity index (χ3n) is 3.69. The predicted molar refractivity (Wildman–Crippen MR) is 97.9 cm³/mol. The molecule has 0 fully saturated rings. The number of non-ortho nitro benzene ring substituents is 1. The first kappa shape index (κ1) is 19.2. The van der Waals surface area contributed by atoms with Crippen LogP contribution >= 0.6 is 0 Å². The van der Waals surface area contributed by atoms with Crippen LogP contribution in [0.25, 0.3) is 0 Å². The first-order chi connectivity index (χ1) is 12.5. The van der Waals surface area contributed by atoms with Crippen LogP contribution in [0.3, 0.4) is 0 Å². The molecular formula is C20H21NO5.